The number of hydrogen-bond acceptors (Lipinski definition) is 10. The predicted octanol–water partition coefficient (Wildman–Crippen LogP) is 1.78. The molecule has 0 aromatic heterocycles. The Bertz CT molecular complexity index is 1270. The number of nitro benzene ring substituents is 2. The van der Waals surface area contributed by atoms with Crippen LogP contribution >= 0.6 is 0 Å². The van der Waals surface area contributed by atoms with Gasteiger partial charge >= 0.3 is 11.4 Å². The Morgan fingerprint density at radius 3 is 2.08 bits per heavy atom. The number of hydrogen-bond donors (Lipinski definition) is 1. The van der Waals surface area contributed by atoms with Crippen molar-refractivity contribution >= 4 is 45.9 Å². The summed E-state index contributed by atoms with van der Waals surface area (Å²) in [5, 5.41) is 27.5. The average Bonchev–Trinajstić information content (AvgIpc) is 2.91. The molecule has 3 aliphatic rings. The van der Waals surface area contributed by atoms with E-state index in [1.807, 2.05) is 0 Å². The summed E-state index contributed by atoms with van der Waals surface area (Å²) in [7, 11) is 0. The Labute approximate surface area is 210 Å². The van der Waals surface area contributed by atoms with Gasteiger partial charge in [-0.3, -0.25) is 34.7 Å². The van der Waals surface area contributed by atoms with E-state index >= 15 is 0 Å². The molecule has 0 bridgehead atoms. The van der Waals surface area contributed by atoms with E-state index in [9.17, 15) is 29.8 Å². The van der Waals surface area contributed by atoms with Gasteiger partial charge in [-0.2, -0.15) is 0 Å². The number of fused-ring (bicyclic) bond motifs is 1. The van der Waals surface area contributed by atoms with Gasteiger partial charge < -0.3 is 24.6 Å². The highest BCUT2D eigenvalue weighted by Gasteiger charge is 2.41. The van der Waals surface area contributed by atoms with E-state index in [0.717, 1.165) is 6.07 Å². The van der Waals surface area contributed by atoms with Crippen molar-refractivity contribution in [2.45, 2.75) is 0 Å². The molecule has 2 aromatic carbocycles. The lowest BCUT2D eigenvalue weighted by Crippen LogP contribution is -2.44. The third kappa shape index (κ3) is 4.51. The number of benzene rings is 2. The Balaban J connectivity index is 1.75. The van der Waals surface area contributed by atoms with Crippen LogP contribution in [-0.2, 0) is 14.3 Å². The predicted molar refractivity (Wildman–Crippen MR) is 133 cm³/mol. The van der Waals surface area contributed by atoms with E-state index in [-0.39, 0.29) is 76.1 Å². The van der Waals surface area contributed by atoms with Gasteiger partial charge in [-0.1, -0.05) is 12.1 Å². The summed E-state index contributed by atoms with van der Waals surface area (Å²) in [4.78, 5) is 54.2. The number of nitrogens with zero attached hydrogens (tertiary/aromatic N) is 5. The summed E-state index contributed by atoms with van der Waals surface area (Å²) in [5.41, 5.74) is -0.680. The maximum absolute atomic E-state index is 14.0. The maximum Gasteiger partial charge on any atom is 0.323 e. The average molecular weight is 512 g/mol. The minimum atomic E-state index is -0.747. The number of amides is 2. The van der Waals surface area contributed by atoms with E-state index in [1.165, 1.54) is 4.90 Å². The van der Waals surface area contributed by atoms with E-state index in [1.54, 1.807) is 34.1 Å². The van der Waals surface area contributed by atoms with Crippen molar-refractivity contribution in [1.82, 2.24) is 0 Å². The number of morpholine rings is 2. The van der Waals surface area contributed by atoms with Gasteiger partial charge in [0.25, 0.3) is 5.91 Å². The van der Waals surface area contributed by atoms with Gasteiger partial charge in [0.15, 0.2) is 5.69 Å². The molecule has 194 valence electrons. The first-order valence-corrected chi connectivity index (χ1v) is 11.7. The Kier molecular flexibility index (Phi) is 6.58. The van der Waals surface area contributed by atoms with E-state index < -0.39 is 33.0 Å². The number of ether oxygens (including phenoxy) is 2. The molecular weight excluding hydrogens is 488 g/mol. The molecular formula is C23H24N6O8. The number of nitrogens with one attached hydrogen (secondary N) is 1. The van der Waals surface area contributed by atoms with Gasteiger partial charge in [0, 0.05) is 32.2 Å². The van der Waals surface area contributed by atoms with Crippen LogP contribution in [0, 0.1) is 20.2 Å². The zero-order chi connectivity index (χ0) is 26.1. The first-order valence-electron chi connectivity index (χ1n) is 11.7. The summed E-state index contributed by atoms with van der Waals surface area (Å²) in [5.74, 6) is -1.20. The lowest BCUT2D eigenvalue weighted by atomic mass is 10.0. The van der Waals surface area contributed by atoms with Gasteiger partial charge in [-0.15, -0.1) is 0 Å². The third-order valence-electron chi connectivity index (χ3n) is 6.51. The second-order valence-corrected chi connectivity index (χ2v) is 8.66. The molecule has 2 aromatic rings. The topological polar surface area (TPSA) is 161 Å². The summed E-state index contributed by atoms with van der Waals surface area (Å²) in [6.45, 7) is 1.63. The monoisotopic (exact) mass is 512 g/mol. The highest BCUT2D eigenvalue weighted by atomic mass is 16.6. The molecule has 0 atom stereocenters. The number of rotatable bonds is 5. The number of anilines is 4. The minimum absolute atomic E-state index is 0.0196. The van der Waals surface area contributed by atoms with Crippen LogP contribution in [0.15, 0.2) is 30.3 Å². The van der Waals surface area contributed by atoms with Crippen LogP contribution in [0.1, 0.15) is 10.4 Å². The van der Waals surface area contributed by atoms with Crippen molar-refractivity contribution in [2.24, 2.45) is 0 Å². The van der Waals surface area contributed by atoms with E-state index in [4.69, 9.17) is 9.47 Å². The van der Waals surface area contributed by atoms with Crippen LogP contribution in [0.2, 0.25) is 0 Å². The second-order valence-electron chi connectivity index (χ2n) is 8.66. The van der Waals surface area contributed by atoms with Gasteiger partial charge in [0.05, 0.1) is 53.2 Å². The SMILES string of the molecule is O=C1CN(C(=O)c2cc([N+](=O)[O-])c(N3CCOCC3)c([N+](=O)[O-])c2N2CCOCC2)c2ccccc2N1. The van der Waals surface area contributed by atoms with Crippen molar-refractivity contribution in [3.8, 4) is 0 Å². The summed E-state index contributed by atoms with van der Waals surface area (Å²) < 4.78 is 10.8. The minimum Gasteiger partial charge on any atom is -0.378 e. The largest absolute Gasteiger partial charge is 0.378 e. The lowest BCUT2D eigenvalue weighted by Gasteiger charge is -2.34. The summed E-state index contributed by atoms with van der Waals surface area (Å²) in [6.07, 6.45) is 0. The Morgan fingerprint density at radius 2 is 1.49 bits per heavy atom. The smallest absolute Gasteiger partial charge is 0.323 e. The van der Waals surface area contributed by atoms with Crippen molar-refractivity contribution in [1.29, 1.82) is 0 Å². The van der Waals surface area contributed by atoms with Crippen LogP contribution in [-0.4, -0.2) is 80.8 Å². The molecule has 14 heteroatoms. The van der Waals surface area contributed by atoms with Gasteiger partial charge in [0.1, 0.15) is 12.2 Å². The van der Waals surface area contributed by atoms with E-state index in [0.29, 0.717) is 11.4 Å². The quantitative estimate of drug-likeness (QED) is 0.462. The van der Waals surface area contributed by atoms with Crippen molar-refractivity contribution < 1.29 is 28.9 Å². The van der Waals surface area contributed by atoms with E-state index in [2.05, 4.69) is 5.32 Å². The molecule has 5 rings (SSSR count). The zero-order valence-corrected chi connectivity index (χ0v) is 19.8. The Morgan fingerprint density at radius 1 is 0.892 bits per heavy atom. The van der Waals surface area contributed by atoms with Gasteiger partial charge in [-0.25, -0.2) is 0 Å². The summed E-state index contributed by atoms with van der Waals surface area (Å²) in [6, 6.07) is 7.74. The Hall–Kier alpha value is -4.30. The molecule has 0 radical (unpaired) electrons. The molecule has 3 heterocycles. The molecule has 0 aliphatic carbocycles. The standard InChI is InChI=1S/C23H24N6O8/c30-19-14-27(17-4-2-1-3-16(17)24-19)23(31)15-13-18(28(32)33)21(26-7-11-37-12-8-26)22(29(34)35)20(15)25-5-9-36-10-6-25/h1-4,13H,5-12,14H2,(H,24,30). The molecule has 0 spiro atoms. The number of para-hydroxylation sites is 2. The molecule has 37 heavy (non-hydrogen) atoms. The number of carbonyl (C=O) groups excluding carboxylic acids is 2. The van der Waals surface area contributed by atoms with Gasteiger partial charge in [0.2, 0.25) is 5.91 Å². The van der Waals surface area contributed by atoms with Gasteiger partial charge in [-0.05, 0) is 12.1 Å². The fourth-order valence-corrected chi connectivity index (χ4v) is 4.88. The first-order chi connectivity index (χ1) is 17.9. The van der Waals surface area contributed by atoms with Crippen LogP contribution in [0.5, 0.6) is 0 Å². The fraction of sp³-hybridized carbons (Fsp3) is 0.391. The molecule has 1 N–H and O–H groups in total. The highest BCUT2D eigenvalue weighted by Crippen LogP contribution is 2.48. The zero-order valence-electron chi connectivity index (χ0n) is 19.8. The van der Waals surface area contributed by atoms with Crippen LogP contribution in [0.3, 0.4) is 0 Å². The molecule has 0 unspecified atom stereocenters. The molecule has 0 saturated carbocycles. The molecule has 2 fully saturated rings. The van der Waals surface area contributed by atoms with Crippen molar-refractivity contribution in [3.05, 3.63) is 56.1 Å². The van der Waals surface area contributed by atoms with Crippen molar-refractivity contribution in [3.63, 3.8) is 0 Å². The molecule has 2 amide bonds. The first kappa shape index (κ1) is 24.4. The summed E-state index contributed by atoms with van der Waals surface area (Å²) >= 11 is 0. The normalized spacial score (nSPS) is 17.7. The molecule has 3 aliphatic heterocycles. The third-order valence-corrected chi connectivity index (χ3v) is 6.51. The second kappa shape index (κ2) is 9.99. The number of carbonyl (C=O) groups is 2. The van der Waals surface area contributed by atoms with Crippen molar-refractivity contribution in [2.75, 3.05) is 79.2 Å². The molecule has 14 nitrogen and oxygen atoms in total. The maximum atomic E-state index is 14.0. The number of nitro groups is 2. The van der Waals surface area contributed by atoms with Crippen LogP contribution in [0.4, 0.5) is 34.1 Å². The highest BCUT2D eigenvalue weighted by molar-refractivity contribution is 6.18. The van der Waals surface area contributed by atoms with Crippen LogP contribution < -0.4 is 20.0 Å². The van der Waals surface area contributed by atoms with Crippen LogP contribution in [0.25, 0.3) is 0 Å². The lowest BCUT2D eigenvalue weighted by molar-refractivity contribution is -0.392. The molecule has 2 saturated heterocycles. The fourth-order valence-electron chi connectivity index (χ4n) is 4.88.